The predicted molar refractivity (Wildman–Crippen MR) is 80.0 cm³/mol. The second kappa shape index (κ2) is 4.94. The van der Waals surface area contributed by atoms with Gasteiger partial charge in [0, 0.05) is 5.69 Å². The summed E-state index contributed by atoms with van der Waals surface area (Å²) in [6.45, 7) is 4.90. The van der Waals surface area contributed by atoms with Crippen molar-refractivity contribution in [2.24, 2.45) is 0 Å². The van der Waals surface area contributed by atoms with Gasteiger partial charge in [0.25, 0.3) is 0 Å². The van der Waals surface area contributed by atoms with Crippen LogP contribution in [0.2, 0.25) is 0 Å². The molecule has 0 N–H and O–H groups in total. The molecule has 0 aliphatic heterocycles. The van der Waals surface area contributed by atoms with Gasteiger partial charge in [-0.3, -0.25) is 0 Å². The summed E-state index contributed by atoms with van der Waals surface area (Å²) in [5, 5.41) is 4.34. The maximum Gasteiger partial charge on any atom is 0.160 e. The molecule has 3 aromatic heterocycles. The van der Waals surface area contributed by atoms with E-state index in [0.717, 1.165) is 29.2 Å². The molecular weight excluding hydrogens is 278 g/mol. The molecule has 0 saturated heterocycles. The van der Waals surface area contributed by atoms with E-state index in [1.54, 1.807) is 11.3 Å². The molecule has 0 saturated carbocycles. The van der Waals surface area contributed by atoms with Crippen molar-refractivity contribution in [1.82, 2.24) is 14.5 Å². The predicted octanol–water partition coefficient (Wildman–Crippen LogP) is 3.90. The summed E-state index contributed by atoms with van der Waals surface area (Å²) < 4.78 is 2.12. The highest BCUT2D eigenvalue weighted by Gasteiger charge is 2.12. The molecule has 0 unspecified atom stereocenters. The van der Waals surface area contributed by atoms with E-state index in [9.17, 15) is 0 Å². The molecular formula is C14H14ClN3S. The minimum atomic E-state index is 0.401. The van der Waals surface area contributed by atoms with Crippen molar-refractivity contribution in [2.45, 2.75) is 26.3 Å². The number of aromatic nitrogens is 3. The molecule has 0 aliphatic carbocycles. The number of imidazole rings is 1. The number of fused-ring (bicyclic) bond motifs is 1. The molecule has 3 nitrogen and oxygen atoms in total. The first-order valence-corrected chi connectivity index (χ1v) is 7.57. The number of aryl methyl sites for hydroxylation is 2. The van der Waals surface area contributed by atoms with Crippen LogP contribution in [0.4, 0.5) is 0 Å². The Hall–Kier alpha value is -1.39. The summed E-state index contributed by atoms with van der Waals surface area (Å²) in [5.41, 5.74) is 5.44. The Labute approximate surface area is 120 Å². The summed E-state index contributed by atoms with van der Waals surface area (Å²) in [4.78, 5) is 9.15. The number of pyridine rings is 1. The van der Waals surface area contributed by atoms with Crippen molar-refractivity contribution in [2.75, 3.05) is 0 Å². The number of rotatable bonds is 3. The fourth-order valence-electron chi connectivity index (χ4n) is 2.13. The van der Waals surface area contributed by atoms with Gasteiger partial charge in [-0.05, 0) is 47.9 Å². The van der Waals surface area contributed by atoms with Crippen LogP contribution >= 0.6 is 22.9 Å². The highest BCUT2D eigenvalue weighted by Crippen LogP contribution is 2.21. The zero-order chi connectivity index (χ0) is 13.4. The van der Waals surface area contributed by atoms with Crippen molar-refractivity contribution >= 4 is 34.1 Å². The van der Waals surface area contributed by atoms with Crippen LogP contribution in [0.1, 0.15) is 22.6 Å². The Kier molecular flexibility index (Phi) is 3.29. The number of hydrogen-bond donors (Lipinski definition) is 0. The van der Waals surface area contributed by atoms with E-state index in [-0.39, 0.29) is 0 Å². The number of alkyl halides is 1. The summed E-state index contributed by atoms with van der Waals surface area (Å²) in [6, 6.07) is 3.98. The van der Waals surface area contributed by atoms with E-state index in [1.165, 1.54) is 11.1 Å². The Balaban J connectivity index is 2.15. The lowest BCUT2D eigenvalue weighted by Gasteiger charge is -2.07. The molecule has 0 aromatic carbocycles. The Bertz CT molecular complexity index is 729. The first-order valence-electron chi connectivity index (χ1n) is 6.09. The van der Waals surface area contributed by atoms with Gasteiger partial charge in [0.1, 0.15) is 11.3 Å². The van der Waals surface area contributed by atoms with Crippen molar-refractivity contribution < 1.29 is 0 Å². The van der Waals surface area contributed by atoms with Crippen LogP contribution in [0.5, 0.6) is 0 Å². The summed E-state index contributed by atoms with van der Waals surface area (Å²) in [6.07, 6.45) is 0. The summed E-state index contributed by atoms with van der Waals surface area (Å²) in [5.74, 6) is 1.28. The largest absolute Gasteiger partial charge is 0.307 e. The second-order valence-electron chi connectivity index (χ2n) is 4.62. The van der Waals surface area contributed by atoms with Crippen molar-refractivity contribution in [3.8, 4) is 0 Å². The van der Waals surface area contributed by atoms with E-state index in [1.807, 2.05) is 19.1 Å². The minimum absolute atomic E-state index is 0.401. The van der Waals surface area contributed by atoms with Crippen LogP contribution in [0.25, 0.3) is 11.2 Å². The van der Waals surface area contributed by atoms with Gasteiger partial charge in [-0.25, -0.2) is 9.97 Å². The van der Waals surface area contributed by atoms with Crippen molar-refractivity contribution in [3.05, 3.63) is 45.5 Å². The lowest BCUT2D eigenvalue weighted by atomic mass is 10.2. The van der Waals surface area contributed by atoms with Gasteiger partial charge in [-0.15, -0.1) is 11.6 Å². The molecule has 0 spiro atoms. The van der Waals surface area contributed by atoms with Crippen molar-refractivity contribution in [1.29, 1.82) is 0 Å². The smallest absolute Gasteiger partial charge is 0.160 e. The van der Waals surface area contributed by atoms with Crippen LogP contribution in [0, 0.1) is 13.8 Å². The Morgan fingerprint density at radius 3 is 2.74 bits per heavy atom. The molecule has 19 heavy (non-hydrogen) atoms. The van der Waals surface area contributed by atoms with Gasteiger partial charge in [0.05, 0.1) is 12.4 Å². The van der Waals surface area contributed by atoms with Gasteiger partial charge >= 0.3 is 0 Å². The number of nitrogens with zero attached hydrogens (tertiary/aromatic N) is 3. The highest BCUT2D eigenvalue weighted by molar-refractivity contribution is 7.08. The van der Waals surface area contributed by atoms with Gasteiger partial charge in [0.2, 0.25) is 0 Å². The average molecular weight is 292 g/mol. The maximum absolute atomic E-state index is 6.01. The molecule has 0 aliphatic rings. The quantitative estimate of drug-likeness (QED) is 0.685. The molecule has 3 aromatic rings. The molecule has 5 heteroatoms. The monoisotopic (exact) mass is 291 g/mol. The molecule has 3 heterocycles. The third-order valence-corrected chi connectivity index (χ3v) is 4.37. The van der Waals surface area contributed by atoms with Crippen LogP contribution < -0.4 is 0 Å². The lowest BCUT2D eigenvalue weighted by Crippen LogP contribution is -2.05. The third kappa shape index (κ3) is 2.26. The molecule has 0 amide bonds. The molecule has 0 atom stereocenters. The molecule has 3 rings (SSSR count). The van der Waals surface area contributed by atoms with Gasteiger partial charge in [-0.2, -0.15) is 11.3 Å². The van der Waals surface area contributed by atoms with E-state index in [4.69, 9.17) is 11.6 Å². The molecule has 0 bridgehead atoms. The van der Waals surface area contributed by atoms with Gasteiger partial charge in [0.15, 0.2) is 5.65 Å². The minimum Gasteiger partial charge on any atom is -0.307 e. The highest BCUT2D eigenvalue weighted by atomic mass is 35.5. The standard InChI is InChI=1S/C14H14ClN3S/c1-9-7-19-8-11(9)6-18-13(5-15)17-12-4-3-10(2)16-14(12)18/h3-4,7-8H,5-6H2,1-2H3. The Morgan fingerprint density at radius 1 is 1.21 bits per heavy atom. The normalized spacial score (nSPS) is 11.3. The van der Waals surface area contributed by atoms with E-state index < -0.39 is 0 Å². The molecule has 0 fully saturated rings. The SMILES string of the molecule is Cc1ccc2nc(CCl)n(Cc3cscc3C)c2n1. The summed E-state index contributed by atoms with van der Waals surface area (Å²) >= 11 is 7.74. The summed E-state index contributed by atoms with van der Waals surface area (Å²) in [7, 11) is 0. The molecule has 0 radical (unpaired) electrons. The van der Waals surface area contributed by atoms with Gasteiger partial charge < -0.3 is 4.57 Å². The first kappa shape index (κ1) is 12.6. The van der Waals surface area contributed by atoms with E-state index >= 15 is 0 Å². The topological polar surface area (TPSA) is 30.7 Å². The zero-order valence-electron chi connectivity index (χ0n) is 10.9. The van der Waals surface area contributed by atoms with Crippen LogP contribution in [0.15, 0.2) is 22.9 Å². The average Bonchev–Trinajstić information content (AvgIpc) is 2.95. The fraction of sp³-hybridized carbons (Fsp3) is 0.286. The number of halogens is 1. The van der Waals surface area contributed by atoms with E-state index in [0.29, 0.717) is 5.88 Å². The first-order chi connectivity index (χ1) is 9.19. The van der Waals surface area contributed by atoms with E-state index in [2.05, 4.69) is 32.2 Å². The number of thiophene rings is 1. The van der Waals surface area contributed by atoms with Crippen LogP contribution in [0.3, 0.4) is 0 Å². The number of hydrogen-bond acceptors (Lipinski definition) is 3. The Morgan fingerprint density at radius 2 is 2.05 bits per heavy atom. The van der Waals surface area contributed by atoms with Crippen LogP contribution in [-0.2, 0) is 12.4 Å². The lowest BCUT2D eigenvalue weighted by molar-refractivity contribution is 0.768. The molecule has 98 valence electrons. The van der Waals surface area contributed by atoms with Gasteiger partial charge in [-0.1, -0.05) is 0 Å². The van der Waals surface area contributed by atoms with Crippen LogP contribution in [-0.4, -0.2) is 14.5 Å². The second-order valence-corrected chi connectivity index (χ2v) is 5.63. The fourth-order valence-corrected chi connectivity index (χ4v) is 3.18. The maximum atomic E-state index is 6.01. The third-order valence-electron chi connectivity index (χ3n) is 3.22. The van der Waals surface area contributed by atoms with Crippen molar-refractivity contribution in [3.63, 3.8) is 0 Å². The zero-order valence-corrected chi connectivity index (χ0v) is 12.4.